The van der Waals surface area contributed by atoms with E-state index >= 15 is 0 Å². The van der Waals surface area contributed by atoms with Crippen LogP contribution >= 0.6 is 23.2 Å². The van der Waals surface area contributed by atoms with E-state index < -0.39 is 0 Å². The van der Waals surface area contributed by atoms with Crippen molar-refractivity contribution >= 4 is 45.8 Å². The topological polar surface area (TPSA) is 64.1 Å². The van der Waals surface area contributed by atoms with Crippen molar-refractivity contribution in [3.8, 4) is 11.6 Å². The van der Waals surface area contributed by atoms with Gasteiger partial charge in [-0.25, -0.2) is 4.98 Å². The second kappa shape index (κ2) is 14.4. The van der Waals surface area contributed by atoms with Crippen LogP contribution in [0.3, 0.4) is 0 Å². The maximum Gasteiger partial charge on any atom is 0.308 e. The molecule has 4 rings (SSSR count). The zero-order valence-electron chi connectivity index (χ0n) is 22.3. The van der Waals surface area contributed by atoms with Gasteiger partial charge in [0.1, 0.15) is 5.75 Å². The Morgan fingerprint density at radius 1 is 1.00 bits per heavy atom. The van der Waals surface area contributed by atoms with Gasteiger partial charge in [-0.05, 0) is 63.1 Å². The van der Waals surface area contributed by atoms with Crippen LogP contribution in [0.25, 0.3) is 10.9 Å². The molecule has 0 radical (unpaired) electrons. The standard InChI is InChI=1S/C30H35Cl2N3O4/c1-22(2)8-13-29(36)39-21-38-28-12-10-23-9-11-24(20-26(23)33-28)37-19-4-3-14-34-15-17-35(18-16-34)27-7-5-6-25(31)30(27)32/h5-7,9-12,20H,1,3-4,8,13-19,21H2,2H3. The number of nitrogens with zero attached hydrogens (tertiary/aromatic N) is 3. The lowest BCUT2D eigenvalue weighted by molar-refractivity contribution is -0.150. The van der Waals surface area contributed by atoms with Gasteiger partial charge in [0.2, 0.25) is 12.7 Å². The Balaban J connectivity index is 1.15. The van der Waals surface area contributed by atoms with Crippen LogP contribution in [0.4, 0.5) is 5.69 Å². The molecule has 208 valence electrons. The summed E-state index contributed by atoms with van der Waals surface area (Å²) in [6.45, 7) is 11.0. The van der Waals surface area contributed by atoms with Crippen LogP contribution in [0, 0.1) is 0 Å². The average Bonchev–Trinajstić information content (AvgIpc) is 2.93. The van der Waals surface area contributed by atoms with Gasteiger partial charge in [0.25, 0.3) is 0 Å². The van der Waals surface area contributed by atoms with Gasteiger partial charge < -0.3 is 19.1 Å². The first-order chi connectivity index (χ1) is 18.9. The quantitative estimate of drug-likeness (QED) is 0.0971. The number of hydrogen-bond acceptors (Lipinski definition) is 7. The van der Waals surface area contributed by atoms with Crippen LogP contribution in [-0.4, -0.2) is 62.0 Å². The molecule has 0 unspecified atom stereocenters. The van der Waals surface area contributed by atoms with Gasteiger partial charge in [0.15, 0.2) is 0 Å². The zero-order chi connectivity index (χ0) is 27.6. The molecule has 1 aliphatic heterocycles. The molecule has 0 N–H and O–H groups in total. The minimum absolute atomic E-state index is 0.173. The maximum atomic E-state index is 11.7. The van der Waals surface area contributed by atoms with Gasteiger partial charge in [-0.2, -0.15) is 0 Å². The summed E-state index contributed by atoms with van der Waals surface area (Å²) in [5, 5.41) is 2.21. The molecular weight excluding hydrogens is 537 g/mol. The molecule has 0 aliphatic carbocycles. The van der Waals surface area contributed by atoms with Gasteiger partial charge in [0, 0.05) is 50.1 Å². The number of carbonyl (C=O) groups excluding carboxylic acids is 1. The number of anilines is 1. The highest BCUT2D eigenvalue weighted by Gasteiger charge is 2.19. The van der Waals surface area contributed by atoms with Crippen molar-refractivity contribution in [1.82, 2.24) is 9.88 Å². The van der Waals surface area contributed by atoms with Crippen LogP contribution in [0.2, 0.25) is 10.0 Å². The summed E-state index contributed by atoms with van der Waals surface area (Å²) >= 11 is 12.6. The summed E-state index contributed by atoms with van der Waals surface area (Å²) in [6, 6.07) is 15.3. The van der Waals surface area contributed by atoms with E-state index in [2.05, 4.69) is 21.4 Å². The second-order valence-electron chi connectivity index (χ2n) is 9.70. The SMILES string of the molecule is C=C(C)CCC(=O)OCOc1ccc2ccc(OCCCCN3CCN(c4cccc(Cl)c4Cl)CC3)cc2n1. The van der Waals surface area contributed by atoms with E-state index in [1.54, 1.807) is 6.07 Å². The van der Waals surface area contributed by atoms with E-state index in [1.807, 2.05) is 49.4 Å². The second-order valence-corrected chi connectivity index (χ2v) is 10.5. The number of fused-ring (bicyclic) bond motifs is 1. The maximum absolute atomic E-state index is 11.7. The highest BCUT2D eigenvalue weighted by Crippen LogP contribution is 2.33. The van der Waals surface area contributed by atoms with E-state index in [9.17, 15) is 4.79 Å². The number of hydrogen-bond donors (Lipinski definition) is 0. The molecule has 0 spiro atoms. The molecular formula is C30H35Cl2N3O4. The number of ether oxygens (including phenoxy) is 3. The van der Waals surface area contributed by atoms with Crippen LogP contribution in [0.1, 0.15) is 32.6 Å². The highest BCUT2D eigenvalue weighted by atomic mass is 35.5. The molecule has 1 saturated heterocycles. The number of allylic oxidation sites excluding steroid dienone is 1. The molecule has 1 aromatic heterocycles. The van der Waals surface area contributed by atoms with E-state index in [-0.39, 0.29) is 12.8 Å². The fraction of sp³-hybridized carbons (Fsp3) is 0.400. The summed E-state index contributed by atoms with van der Waals surface area (Å²) in [5.41, 5.74) is 2.71. The third kappa shape index (κ3) is 8.75. The van der Waals surface area contributed by atoms with Gasteiger partial charge in [-0.15, -0.1) is 6.58 Å². The molecule has 2 aromatic carbocycles. The van der Waals surface area contributed by atoms with Gasteiger partial charge in [-0.3, -0.25) is 9.69 Å². The molecule has 39 heavy (non-hydrogen) atoms. The summed E-state index contributed by atoms with van der Waals surface area (Å²) < 4.78 is 16.6. The lowest BCUT2D eigenvalue weighted by Crippen LogP contribution is -2.46. The third-order valence-electron chi connectivity index (χ3n) is 6.60. The molecule has 2 heterocycles. The van der Waals surface area contributed by atoms with Crippen molar-refractivity contribution in [2.75, 3.05) is 51.0 Å². The molecule has 9 heteroatoms. The fourth-order valence-corrected chi connectivity index (χ4v) is 4.78. The monoisotopic (exact) mass is 571 g/mol. The number of rotatable bonds is 13. The van der Waals surface area contributed by atoms with Crippen molar-refractivity contribution in [3.05, 3.63) is 70.7 Å². The first-order valence-electron chi connectivity index (χ1n) is 13.3. The highest BCUT2D eigenvalue weighted by molar-refractivity contribution is 6.43. The first-order valence-corrected chi connectivity index (χ1v) is 14.0. The summed E-state index contributed by atoms with van der Waals surface area (Å²) in [7, 11) is 0. The average molecular weight is 573 g/mol. The number of pyridine rings is 1. The predicted octanol–water partition coefficient (Wildman–Crippen LogP) is 6.76. The number of unbranched alkanes of at least 4 members (excludes halogenated alkanes) is 1. The van der Waals surface area contributed by atoms with E-state index in [0.29, 0.717) is 35.4 Å². The van der Waals surface area contributed by atoms with Crippen LogP contribution in [0.15, 0.2) is 60.7 Å². The number of benzene rings is 2. The van der Waals surface area contributed by atoms with E-state index in [4.69, 9.17) is 37.4 Å². The summed E-state index contributed by atoms with van der Waals surface area (Å²) in [6.07, 6.45) is 2.92. The number of esters is 1. The smallest absolute Gasteiger partial charge is 0.308 e. The summed E-state index contributed by atoms with van der Waals surface area (Å²) in [5.74, 6) is 0.842. The fourth-order valence-electron chi connectivity index (χ4n) is 4.37. The Morgan fingerprint density at radius 3 is 2.59 bits per heavy atom. The Labute approximate surface area is 240 Å². The lowest BCUT2D eigenvalue weighted by atomic mass is 10.2. The van der Waals surface area contributed by atoms with Crippen molar-refractivity contribution in [2.45, 2.75) is 32.6 Å². The molecule has 0 amide bonds. The van der Waals surface area contributed by atoms with Crippen molar-refractivity contribution in [1.29, 1.82) is 0 Å². The van der Waals surface area contributed by atoms with E-state index in [0.717, 1.165) is 73.5 Å². The zero-order valence-corrected chi connectivity index (χ0v) is 23.8. The van der Waals surface area contributed by atoms with E-state index in [1.165, 1.54) is 0 Å². The Bertz CT molecular complexity index is 1280. The van der Waals surface area contributed by atoms with Crippen molar-refractivity contribution in [2.24, 2.45) is 0 Å². The number of carbonyl (C=O) groups is 1. The Hall–Kier alpha value is -3.00. The van der Waals surface area contributed by atoms with Crippen LogP contribution in [-0.2, 0) is 9.53 Å². The number of aromatic nitrogens is 1. The number of halogens is 2. The summed E-state index contributed by atoms with van der Waals surface area (Å²) in [4.78, 5) is 21.0. The van der Waals surface area contributed by atoms with Crippen molar-refractivity contribution in [3.63, 3.8) is 0 Å². The molecule has 3 aromatic rings. The minimum atomic E-state index is -0.320. The number of piperazine rings is 1. The van der Waals surface area contributed by atoms with Gasteiger partial charge in [-0.1, -0.05) is 34.8 Å². The van der Waals surface area contributed by atoms with Gasteiger partial charge in [0.05, 0.1) is 27.9 Å². The van der Waals surface area contributed by atoms with Crippen LogP contribution in [0.5, 0.6) is 11.6 Å². The largest absolute Gasteiger partial charge is 0.494 e. The molecule has 7 nitrogen and oxygen atoms in total. The first kappa shape index (κ1) is 29.0. The predicted molar refractivity (Wildman–Crippen MR) is 157 cm³/mol. The molecule has 1 aliphatic rings. The Kier molecular flexibility index (Phi) is 10.7. The minimum Gasteiger partial charge on any atom is -0.494 e. The third-order valence-corrected chi connectivity index (χ3v) is 7.41. The molecule has 0 atom stereocenters. The lowest BCUT2D eigenvalue weighted by Gasteiger charge is -2.36. The Morgan fingerprint density at radius 2 is 1.79 bits per heavy atom. The molecule has 0 saturated carbocycles. The molecule has 0 bridgehead atoms. The molecule has 1 fully saturated rings. The van der Waals surface area contributed by atoms with Gasteiger partial charge >= 0.3 is 5.97 Å². The normalized spacial score (nSPS) is 13.9. The van der Waals surface area contributed by atoms with Crippen molar-refractivity contribution < 1.29 is 19.0 Å². The van der Waals surface area contributed by atoms with Crippen LogP contribution < -0.4 is 14.4 Å².